The second kappa shape index (κ2) is 9.57. The SMILES string of the molecule is O=C(c1ccc(O)c(CN2CCOCC2)c1)c1ccc(O)c(CN2CCOCC2)c1. The smallest absolute Gasteiger partial charge is 0.193 e. The van der Waals surface area contributed by atoms with E-state index in [1.807, 2.05) is 0 Å². The Hall–Kier alpha value is -2.45. The van der Waals surface area contributed by atoms with Gasteiger partial charge in [-0.3, -0.25) is 14.6 Å². The lowest BCUT2D eigenvalue weighted by molar-refractivity contribution is 0.0338. The van der Waals surface area contributed by atoms with Crippen LogP contribution in [0.1, 0.15) is 27.0 Å². The molecule has 2 heterocycles. The van der Waals surface area contributed by atoms with Crippen LogP contribution in [0.4, 0.5) is 0 Å². The molecule has 0 amide bonds. The number of hydrogen-bond donors (Lipinski definition) is 2. The van der Waals surface area contributed by atoms with Gasteiger partial charge in [0.2, 0.25) is 0 Å². The van der Waals surface area contributed by atoms with Gasteiger partial charge in [-0.25, -0.2) is 0 Å². The lowest BCUT2D eigenvalue weighted by atomic mass is 9.98. The van der Waals surface area contributed by atoms with Gasteiger partial charge in [-0.05, 0) is 36.4 Å². The van der Waals surface area contributed by atoms with Crippen LogP contribution in [0.2, 0.25) is 0 Å². The van der Waals surface area contributed by atoms with E-state index in [-0.39, 0.29) is 17.3 Å². The predicted molar refractivity (Wildman–Crippen MR) is 112 cm³/mol. The van der Waals surface area contributed by atoms with Crippen LogP contribution in [0.25, 0.3) is 0 Å². The van der Waals surface area contributed by atoms with Crippen LogP contribution < -0.4 is 0 Å². The van der Waals surface area contributed by atoms with Gasteiger partial charge in [0.15, 0.2) is 5.78 Å². The van der Waals surface area contributed by atoms with Crippen molar-refractivity contribution < 1.29 is 24.5 Å². The van der Waals surface area contributed by atoms with Crippen molar-refractivity contribution in [3.63, 3.8) is 0 Å². The third-order valence-electron chi connectivity index (χ3n) is 5.68. The number of rotatable bonds is 6. The van der Waals surface area contributed by atoms with E-state index in [4.69, 9.17) is 9.47 Å². The number of benzene rings is 2. The summed E-state index contributed by atoms with van der Waals surface area (Å²) in [5.74, 6) is 0.259. The second-order valence-corrected chi connectivity index (χ2v) is 7.79. The van der Waals surface area contributed by atoms with E-state index in [0.717, 1.165) is 37.3 Å². The Balaban J connectivity index is 1.52. The normalized spacial score (nSPS) is 18.4. The van der Waals surface area contributed by atoms with Crippen molar-refractivity contribution in [2.24, 2.45) is 0 Å². The Morgan fingerprint density at radius 1 is 0.733 bits per heavy atom. The van der Waals surface area contributed by atoms with Gasteiger partial charge in [-0.1, -0.05) is 0 Å². The predicted octanol–water partition coefficient (Wildman–Crippen LogP) is 1.99. The maximum Gasteiger partial charge on any atom is 0.193 e. The molecule has 7 heteroatoms. The van der Waals surface area contributed by atoms with Gasteiger partial charge in [0.05, 0.1) is 26.4 Å². The van der Waals surface area contributed by atoms with Crippen molar-refractivity contribution in [3.05, 3.63) is 58.7 Å². The minimum Gasteiger partial charge on any atom is -0.508 e. The maximum absolute atomic E-state index is 13.1. The molecule has 2 aliphatic heterocycles. The van der Waals surface area contributed by atoms with Crippen LogP contribution in [0.15, 0.2) is 36.4 Å². The van der Waals surface area contributed by atoms with Crippen molar-refractivity contribution in [3.8, 4) is 11.5 Å². The Kier molecular flexibility index (Phi) is 6.64. The van der Waals surface area contributed by atoms with Crippen molar-refractivity contribution in [1.29, 1.82) is 0 Å². The summed E-state index contributed by atoms with van der Waals surface area (Å²) >= 11 is 0. The Bertz CT molecular complexity index is 818. The number of carbonyl (C=O) groups is 1. The first kappa shape index (κ1) is 20.8. The lowest BCUT2D eigenvalue weighted by Gasteiger charge is -2.27. The van der Waals surface area contributed by atoms with Gasteiger partial charge in [0, 0.05) is 61.5 Å². The molecule has 0 atom stereocenters. The number of phenols is 2. The largest absolute Gasteiger partial charge is 0.508 e. The fourth-order valence-electron chi connectivity index (χ4n) is 3.87. The summed E-state index contributed by atoms with van der Waals surface area (Å²) in [7, 11) is 0. The second-order valence-electron chi connectivity index (χ2n) is 7.79. The van der Waals surface area contributed by atoms with Crippen LogP contribution in [0.5, 0.6) is 11.5 Å². The summed E-state index contributed by atoms with van der Waals surface area (Å²) in [5.41, 5.74) is 2.52. The van der Waals surface area contributed by atoms with Gasteiger partial charge >= 0.3 is 0 Å². The highest BCUT2D eigenvalue weighted by atomic mass is 16.5. The number of phenolic OH excluding ortho intramolecular Hbond substituents is 2. The molecule has 4 rings (SSSR count). The zero-order chi connectivity index (χ0) is 20.9. The van der Waals surface area contributed by atoms with Crippen molar-refractivity contribution in [2.45, 2.75) is 13.1 Å². The minimum absolute atomic E-state index is 0.124. The molecule has 0 bridgehead atoms. The Morgan fingerprint density at radius 3 is 1.53 bits per heavy atom. The maximum atomic E-state index is 13.1. The summed E-state index contributed by atoms with van der Waals surface area (Å²) < 4.78 is 10.7. The van der Waals surface area contributed by atoms with Crippen molar-refractivity contribution in [1.82, 2.24) is 9.80 Å². The fraction of sp³-hybridized carbons (Fsp3) is 0.435. The molecule has 2 saturated heterocycles. The summed E-state index contributed by atoms with van der Waals surface area (Å²) in [6.07, 6.45) is 0. The van der Waals surface area contributed by atoms with Gasteiger partial charge in [0.1, 0.15) is 11.5 Å². The number of carbonyl (C=O) groups excluding carboxylic acids is 1. The van der Waals surface area contributed by atoms with E-state index >= 15 is 0 Å². The fourth-order valence-corrected chi connectivity index (χ4v) is 3.87. The zero-order valence-electron chi connectivity index (χ0n) is 17.0. The quantitative estimate of drug-likeness (QED) is 0.702. The molecule has 2 fully saturated rings. The topological polar surface area (TPSA) is 82.5 Å². The average Bonchev–Trinajstić information content (AvgIpc) is 2.78. The summed E-state index contributed by atoms with van der Waals surface area (Å²) in [6.45, 7) is 7.10. The average molecular weight is 412 g/mol. The van der Waals surface area contributed by atoms with Gasteiger partial charge in [-0.15, -0.1) is 0 Å². The monoisotopic (exact) mass is 412 g/mol. The Morgan fingerprint density at radius 2 is 1.13 bits per heavy atom. The number of nitrogens with zero attached hydrogens (tertiary/aromatic N) is 2. The number of ether oxygens (including phenoxy) is 2. The molecule has 160 valence electrons. The van der Waals surface area contributed by atoms with Gasteiger partial charge in [-0.2, -0.15) is 0 Å². The molecular weight excluding hydrogens is 384 g/mol. The van der Waals surface area contributed by atoms with E-state index in [2.05, 4.69) is 9.80 Å². The molecule has 0 saturated carbocycles. The molecule has 0 unspecified atom stereocenters. The van der Waals surface area contributed by atoms with Crippen LogP contribution in [0, 0.1) is 0 Å². The first-order valence-corrected chi connectivity index (χ1v) is 10.4. The molecule has 2 N–H and O–H groups in total. The van der Waals surface area contributed by atoms with E-state index in [9.17, 15) is 15.0 Å². The highest BCUT2D eigenvalue weighted by molar-refractivity contribution is 6.09. The summed E-state index contributed by atoms with van der Waals surface area (Å²) in [4.78, 5) is 17.5. The molecule has 2 aromatic carbocycles. The van der Waals surface area contributed by atoms with Gasteiger partial charge < -0.3 is 19.7 Å². The molecule has 0 radical (unpaired) electrons. The number of aromatic hydroxyl groups is 2. The number of hydrogen-bond acceptors (Lipinski definition) is 7. The Labute approximate surface area is 176 Å². The number of morpholine rings is 2. The third-order valence-corrected chi connectivity index (χ3v) is 5.68. The van der Waals surface area contributed by atoms with Crippen molar-refractivity contribution >= 4 is 5.78 Å². The van der Waals surface area contributed by atoms with E-state index in [1.54, 1.807) is 36.4 Å². The van der Waals surface area contributed by atoms with E-state index in [0.29, 0.717) is 50.6 Å². The highest BCUT2D eigenvalue weighted by Crippen LogP contribution is 2.25. The molecule has 0 aromatic heterocycles. The first-order chi connectivity index (χ1) is 14.6. The molecule has 2 aliphatic rings. The highest BCUT2D eigenvalue weighted by Gasteiger charge is 2.18. The van der Waals surface area contributed by atoms with Crippen LogP contribution >= 0.6 is 0 Å². The zero-order valence-corrected chi connectivity index (χ0v) is 17.0. The van der Waals surface area contributed by atoms with Crippen LogP contribution in [0.3, 0.4) is 0 Å². The summed E-state index contributed by atoms with van der Waals surface area (Å²) in [6, 6.07) is 9.99. The summed E-state index contributed by atoms with van der Waals surface area (Å²) in [5, 5.41) is 20.5. The molecular formula is C23H28N2O5. The van der Waals surface area contributed by atoms with Gasteiger partial charge in [0.25, 0.3) is 0 Å². The van der Waals surface area contributed by atoms with E-state index in [1.165, 1.54) is 0 Å². The molecule has 0 aliphatic carbocycles. The standard InChI is InChI=1S/C23H28N2O5/c26-21-3-1-17(13-19(21)15-24-5-9-29-10-6-24)23(28)18-2-4-22(27)20(14-18)16-25-7-11-30-12-8-25/h1-4,13-14,26-27H,5-12,15-16H2. The molecule has 0 spiro atoms. The van der Waals surface area contributed by atoms with Crippen LogP contribution in [-0.4, -0.2) is 78.4 Å². The molecule has 2 aromatic rings. The number of ketones is 1. The van der Waals surface area contributed by atoms with Crippen molar-refractivity contribution in [2.75, 3.05) is 52.6 Å². The first-order valence-electron chi connectivity index (χ1n) is 10.4. The van der Waals surface area contributed by atoms with E-state index < -0.39 is 0 Å². The molecule has 7 nitrogen and oxygen atoms in total. The minimum atomic E-state index is -0.124. The lowest BCUT2D eigenvalue weighted by Crippen LogP contribution is -2.35. The molecule has 30 heavy (non-hydrogen) atoms. The third kappa shape index (κ3) is 4.99. The van der Waals surface area contributed by atoms with Crippen LogP contribution in [-0.2, 0) is 22.6 Å².